The summed E-state index contributed by atoms with van der Waals surface area (Å²) in [6.45, 7) is 3.87. The van der Waals surface area contributed by atoms with Gasteiger partial charge in [-0.1, -0.05) is 17.9 Å². The number of amides is 1. The van der Waals surface area contributed by atoms with Gasteiger partial charge in [-0.2, -0.15) is 0 Å². The van der Waals surface area contributed by atoms with Crippen LogP contribution in [-0.4, -0.2) is 48.0 Å². The second-order valence-electron chi connectivity index (χ2n) is 7.82. The van der Waals surface area contributed by atoms with E-state index in [1.807, 2.05) is 12.1 Å². The second-order valence-corrected chi connectivity index (χ2v) is 10.0. The highest BCUT2D eigenvalue weighted by Gasteiger charge is 2.28. The monoisotopic (exact) mass is 460 g/mol. The molecule has 0 aliphatic heterocycles. The van der Waals surface area contributed by atoms with Crippen LogP contribution in [-0.2, 0) is 20.9 Å². The van der Waals surface area contributed by atoms with Gasteiger partial charge in [-0.15, -0.1) is 0 Å². The number of hydrogen-bond acceptors (Lipinski definition) is 4. The molecule has 2 rings (SSSR count). The maximum Gasteiger partial charge on any atom is 0.240 e. The molecule has 1 amide bonds. The van der Waals surface area contributed by atoms with Crippen LogP contribution >= 0.6 is 0 Å². The number of benzene rings is 2. The van der Waals surface area contributed by atoms with Gasteiger partial charge in [0.05, 0.1) is 7.11 Å². The summed E-state index contributed by atoms with van der Waals surface area (Å²) < 4.78 is 38.6. The zero-order valence-electron chi connectivity index (χ0n) is 18.8. The molecule has 0 saturated heterocycles. The lowest BCUT2D eigenvalue weighted by Crippen LogP contribution is -2.54. The van der Waals surface area contributed by atoms with E-state index in [-0.39, 0.29) is 18.3 Å². The number of methoxy groups -OCH3 is 1. The summed E-state index contributed by atoms with van der Waals surface area (Å²) in [6, 6.07) is 11.4. The van der Waals surface area contributed by atoms with E-state index in [0.717, 1.165) is 5.56 Å². The average Bonchev–Trinajstić information content (AvgIpc) is 2.71. The van der Waals surface area contributed by atoms with E-state index in [2.05, 4.69) is 27.8 Å². The molecule has 2 N–H and O–H groups in total. The van der Waals surface area contributed by atoms with Crippen LogP contribution in [0.5, 0.6) is 11.5 Å². The molecule has 1 unspecified atom stereocenters. The van der Waals surface area contributed by atoms with Gasteiger partial charge in [0.2, 0.25) is 5.91 Å². The molecule has 0 radical (unpaired) electrons. The molecule has 1 atom stereocenters. The Bertz CT molecular complexity index is 1100. The fourth-order valence-corrected chi connectivity index (χ4v) is 4.07. The van der Waals surface area contributed by atoms with Crippen molar-refractivity contribution >= 4 is 21.5 Å². The smallest absolute Gasteiger partial charge is 0.240 e. The fourth-order valence-electron chi connectivity index (χ4n) is 2.90. The average molecular weight is 461 g/mol. The molecule has 172 valence electrons. The Balaban J connectivity index is 1.90. The summed E-state index contributed by atoms with van der Waals surface area (Å²) in [4.78, 5) is 12.4. The van der Waals surface area contributed by atoms with Crippen LogP contribution in [0.3, 0.4) is 0 Å². The van der Waals surface area contributed by atoms with Crippen molar-refractivity contribution in [3.8, 4) is 23.3 Å². The topological polar surface area (TPSA) is 76.7 Å². The van der Waals surface area contributed by atoms with E-state index < -0.39 is 15.2 Å². The normalized spacial score (nSPS) is 12.8. The van der Waals surface area contributed by atoms with Crippen molar-refractivity contribution in [1.29, 1.82) is 0 Å². The summed E-state index contributed by atoms with van der Waals surface area (Å²) in [5, 5.41) is 2.84. The highest BCUT2D eigenvalue weighted by atomic mass is 32.2. The number of carbonyl (C=O) groups excluding carboxylic acids is 1. The third kappa shape index (κ3) is 8.25. The van der Waals surface area contributed by atoms with E-state index in [1.54, 1.807) is 39.2 Å². The van der Waals surface area contributed by atoms with Gasteiger partial charge in [0.1, 0.15) is 18.0 Å². The first-order valence-electron chi connectivity index (χ1n) is 9.94. The summed E-state index contributed by atoms with van der Waals surface area (Å²) in [5.74, 6) is 9.86. The molecule has 0 spiro atoms. The molecule has 2 aromatic rings. The number of halogens is 1. The van der Waals surface area contributed by atoms with Crippen LogP contribution in [0.1, 0.15) is 25.0 Å². The number of rotatable bonds is 9. The van der Waals surface area contributed by atoms with Crippen LogP contribution in [0, 0.1) is 17.7 Å². The third-order valence-corrected chi connectivity index (χ3v) is 5.28. The summed E-state index contributed by atoms with van der Waals surface area (Å²) in [5.41, 5.74) is 0.654. The standard InChI is InChI=1S/C24H29FN2O4S/c1-24(2,27-32(4,5)29)23(28)26-15-14-19-10-13-21(22(17-19)30-3)31-16-6-7-18-8-11-20(25)12-9-18/h8-13,17H,4,14-16H2,1-3,5H3,(H,26,28)(H,27,29). The van der Waals surface area contributed by atoms with Gasteiger partial charge in [0, 0.05) is 28.1 Å². The van der Waals surface area contributed by atoms with Crippen molar-refractivity contribution in [2.45, 2.75) is 25.8 Å². The predicted molar refractivity (Wildman–Crippen MR) is 127 cm³/mol. The quantitative estimate of drug-likeness (QED) is 0.446. The molecular weight excluding hydrogens is 431 g/mol. The lowest BCUT2D eigenvalue weighted by atomic mass is 10.1. The second kappa shape index (κ2) is 11.0. The minimum Gasteiger partial charge on any atom is -0.493 e. The Labute approximate surface area is 189 Å². The Morgan fingerprint density at radius 1 is 1.19 bits per heavy atom. The first-order chi connectivity index (χ1) is 15.0. The zero-order chi connectivity index (χ0) is 23.8. The van der Waals surface area contributed by atoms with E-state index in [4.69, 9.17) is 9.47 Å². The minimum atomic E-state index is -2.51. The van der Waals surface area contributed by atoms with Crippen molar-refractivity contribution in [3.63, 3.8) is 0 Å². The molecule has 0 heterocycles. The molecular formula is C24H29FN2O4S. The van der Waals surface area contributed by atoms with Crippen LogP contribution in [0.15, 0.2) is 42.5 Å². The third-order valence-electron chi connectivity index (χ3n) is 4.34. The number of carbonyl (C=O) groups is 1. The van der Waals surface area contributed by atoms with E-state index in [1.165, 1.54) is 18.4 Å². The van der Waals surface area contributed by atoms with Gasteiger partial charge in [-0.25, -0.2) is 9.11 Å². The highest BCUT2D eigenvalue weighted by molar-refractivity contribution is 7.97. The Morgan fingerprint density at radius 2 is 1.88 bits per heavy atom. The van der Waals surface area contributed by atoms with Crippen LogP contribution in [0.2, 0.25) is 0 Å². The lowest BCUT2D eigenvalue weighted by molar-refractivity contribution is -0.125. The molecule has 0 saturated carbocycles. The Kier molecular flexibility index (Phi) is 8.70. The van der Waals surface area contributed by atoms with E-state index in [0.29, 0.717) is 30.0 Å². The van der Waals surface area contributed by atoms with Crippen molar-refractivity contribution in [1.82, 2.24) is 10.0 Å². The molecule has 0 fully saturated rings. The predicted octanol–water partition coefficient (Wildman–Crippen LogP) is 2.55. The van der Waals surface area contributed by atoms with Crippen molar-refractivity contribution in [3.05, 3.63) is 59.4 Å². The molecule has 0 aliphatic carbocycles. The first kappa shape index (κ1) is 25.2. The molecule has 0 aromatic heterocycles. The zero-order valence-corrected chi connectivity index (χ0v) is 19.6. The Morgan fingerprint density at radius 3 is 2.50 bits per heavy atom. The first-order valence-corrected chi connectivity index (χ1v) is 12.1. The lowest BCUT2D eigenvalue weighted by Gasteiger charge is -2.25. The largest absolute Gasteiger partial charge is 0.493 e. The minimum absolute atomic E-state index is 0.151. The fraction of sp³-hybridized carbons (Fsp3) is 0.333. The van der Waals surface area contributed by atoms with Crippen LogP contribution in [0.25, 0.3) is 0 Å². The van der Waals surface area contributed by atoms with Crippen molar-refractivity contribution < 1.29 is 22.9 Å². The number of hydrogen-bond donors (Lipinski definition) is 2. The summed E-state index contributed by atoms with van der Waals surface area (Å²) in [7, 11) is -0.962. The van der Waals surface area contributed by atoms with Crippen molar-refractivity contribution in [2.24, 2.45) is 0 Å². The molecule has 0 bridgehead atoms. The van der Waals surface area contributed by atoms with Gasteiger partial charge in [0.15, 0.2) is 11.5 Å². The van der Waals surface area contributed by atoms with E-state index in [9.17, 15) is 13.4 Å². The maximum atomic E-state index is 12.9. The van der Waals surface area contributed by atoms with Gasteiger partial charge in [-0.05, 0) is 68.1 Å². The molecule has 8 heteroatoms. The van der Waals surface area contributed by atoms with Gasteiger partial charge >= 0.3 is 0 Å². The Hall–Kier alpha value is -3.02. The SMILES string of the molecule is C=S(C)(=O)NC(C)(C)C(=O)NCCc1ccc(OCC#Cc2ccc(F)cc2)c(OC)c1. The molecule has 0 aliphatic rings. The van der Waals surface area contributed by atoms with Gasteiger partial charge in [-0.3, -0.25) is 9.00 Å². The van der Waals surface area contributed by atoms with Crippen molar-refractivity contribution in [2.75, 3.05) is 26.5 Å². The van der Waals surface area contributed by atoms with Gasteiger partial charge in [0.25, 0.3) is 0 Å². The number of ether oxygens (including phenoxy) is 2. The van der Waals surface area contributed by atoms with Crippen LogP contribution in [0.4, 0.5) is 4.39 Å². The molecule has 32 heavy (non-hydrogen) atoms. The molecule has 6 nitrogen and oxygen atoms in total. The maximum absolute atomic E-state index is 12.9. The van der Waals surface area contributed by atoms with E-state index >= 15 is 0 Å². The molecule has 2 aromatic carbocycles. The summed E-state index contributed by atoms with van der Waals surface area (Å²) in [6.07, 6.45) is 2.03. The van der Waals surface area contributed by atoms with Crippen LogP contribution < -0.4 is 19.5 Å². The van der Waals surface area contributed by atoms with Gasteiger partial charge < -0.3 is 14.8 Å². The summed E-state index contributed by atoms with van der Waals surface area (Å²) >= 11 is 0. The highest BCUT2D eigenvalue weighted by Crippen LogP contribution is 2.28. The number of nitrogens with one attached hydrogen (secondary N) is 2.